The van der Waals surface area contributed by atoms with E-state index in [0.717, 1.165) is 37.9 Å². The van der Waals surface area contributed by atoms with Gasteiger partial charge in [-0.1, -0.05) is 19.1 Å². The van der Waals surface area contributed by atoms with Crippen LogP contribution >= 0.6 is 0 Å². The number of Topliss-reactive ketones (excluding diaryl/α,β-unsaturated/α-hetero) is 1. The molecule has 0 saturated heterocycles. The quantitative estimate of drug-likeness (QED) is 0.672. The van der Waals surface area contributed by atoms with Gasteiger partial charge in [0.05, 0.1) is 0 Å². The van der Waals surface area contributed by atoms with Crippen LogP contribution in [0.2, 0.25) is 0 Å². The van der Waals surface area contributed by atoms with E-state index < -0.39 is 0 Å². The first kappa shape index (κ1) is 17.2. The van der Waals surface area contributed by atoms with E-state index in [9.17, 15) is 9.59 Å². The largest absolute Gasteiger partial charge is 0.342 e. The van der Waals surface area contributed by atoms with Crippen molar-refractivity contribution < 1.29 is 9.59 Å². The molecule has 2 aliphatic carbocycles. The topological polar surface area (TPSA) is 37.4 Å². The molecule has 0 aromatic heterocycles. The van der Waals surface area contributed by atoms with Gasteiger partial charge in [0.2, 0.25) is 5.91 Å². The molecule has 130 valence electrons. The van der Waals surface area contributed by atoms with Gasteiger partial charge in [-0.05, 0) is 68.1 Å². The van der Waals surface area contributed by atoms with Gasteiger partial charge in [-0.3, -0.25) is 9.59 Å². The number of hydrogen-bond donors (Lipinski definition) is 0. The fourth-order valence-corrected chi connectivity index (χ4v) is 3.63. The molecule has 0 aliphatic heterocycles. The highest BCUT2D eigenvalue weighted by Crippen LogP contribution is 2.30. The van der Waals surface area contributed by atoms with Crippen LogP contribution in [0.1, 0.15) is 73.4 Å². The molecule has 24 heavy (non-hydrogen) atoms. The zero-order valence-electron chi connectivity index (χ0n) is 14.9. The van der Waals surface area contributed by atoms with Crippen LogP contribution in [0, 0.1) is 5.92 Å². The first-order chi connectivity index (χ1) is 11.7. The molecule has 3 rings (SSSR count). The van der Waals surface area contributed by atoms with Crippen LogP contribution < -0.4 is 0 Å². The van der Waals surface area contributed by atoms with E-state index in [1.54, 1.807) is 0 Å². The third-order valence-electron chi connectivity index (χ3n) is 5.26. The highest BCUT2D eigenvalue weighted by molar-refractivity contribution is 5.98. The average molecular weight is 327 g/mol. The van der Waals surface area contributed by atoms with Gasteiger partial charge in [0, 0.05) is 31.5 Å². The van der Waals surface area contributed by atoms with Crippen LogP contribution in [0.25, 0.3) is 0 Å². The predicted molar refractivity (Wildman–Crippen MR) is 96.2 cm³/mol. The second-order valence-electron chi connectivity index (χ2n) is 7.40. The van der Waals surface area contributed by atoms with Gasteiger partial charge in [0.25, 0.3) is 0 Å². The Morgan fingerprint density at radius 3 is 2.54 bits per heavy atom. The van der Waals surface area contributed by atoms with E-state index in [4.69, 9.17) is 0 Å². The number of aryl methyl sites for hydroxylation is 2. The van der Waals surface area contributed by atoms with Crippen LogP contribution in [-0.4, -0.2) is 29.7 Å². The van der Waals surface area contributed by atoms with Crippen LogP contribution in [-0.2, 0) is 17.6 Å². The molecule has 1 fully saturated rings. The molecule has 0 spiro atoms. The van der Waals surface area contributed by atoms with Crippen molar-refractivity contribution in [1.29, 1.82) is 0 Å². The van der Waals surface area contributed by atoms with Gasteiger partial charge >= 0.3 is 0 Å². The molecule has 0 bridgehead atoms. The molecule has 0 heterocycles. The van der Waals surface area contributed by atoms with E-state index in [1.165, 1.54) is 36.8 Å². The summed E-state index contributed by atoms with van der Waals surface area (Å²) >= 11 is 0. The van der Waals surface area contributed by atoms with Gasteiger partial charge in [0.15, 0.2) is 5.78 Å². The Bertz CT molecular complexity index is 604. The van der Waals surface area contributed by atoms with Gasteiger partial charge in [-0.2, -0.15) is 0 Å². The number of fused-ring (bicyclic) bond motifs is 1. The van der Waals surface area contributed by atoms with Crippen molar-refractivity contribution >= 4 is 11.7 Å². The van der Waals surface area contributed by atoms with Crippen molar-refractivity contribution in [1.82, 2.24) is 4.90 Å². The summed E-state index contributed by atoms with van der Waals surface area (Å²) in [4.78, 5) is 26.9. The SMILES string of the molecule is CCCN(CC1CC1)C(=O)CCC(=O)c1ccc2c(c1)CCCC2. The van der Waals surface area contributed by atoms with Crippen molar-refractivity contribution in [2.75, 3.05) is 13.1 Å². The minimum Gasteiger partial charge on any atom is -0.342 e. The third kappa shape index (κ3) is 4.46. The number of benzene rings is 1. The maximum atomic E-state index is 12.5. The Balaban J connectivity index is 1.55. The van der Waals surface area contributed by atoms with E-state index in [2.05, 4.69) is 19.1 Å². The van der Waals surface area contributed by atoms with Crippen LogP contribution in [0.15, 0.2) is 18.2 Å². The van der Waals surface area contributed by atoms with Gasteiger partial charge < -0.3 is 4.90 Å². The second-order valence-corrected chi connectivity index (χ2v) is 7.40. The minimum atomic E-state index is 0.111. The summed E-state index contributed by atoms with van der Waals surface area (Å²) < 4.78 is 0. The molecule has 1 saturated carbocycles. The monoisotopic (exact) mass is 327 g/mol. The minimum absolute atomic E-state index is 0.111. The Morgan fingerprint density at radius 1 is 1.08 bits per heavy atom. The second kappa shape index (κ2) is 7.96. The van der Waals surface area contributed by atoms with Gasteiger partial charge in [0.1, 0.15) is 0 Å². The maximum absolute atomic E-state index is 12.5. The van der Waals surface area contributed by atoms with Crippen molar-refractivity contribution in [2.45, 2.75) is 64.7 Å². The Labute approximate surface area is 145 Å². The predicted octanol–water partition coefficient (Wildman–Crippen LogP) is 4.18. The average Bonchev–Trinajstić information content (AvgIpc) is 3.42. The van der Waals surface area contributed by atoms with Gasteiger partial charge in [-0.25, -0.2) is 0 Å². The maximum Gasteiger partial charge on any atom is 0.223 e. The highest BCUT2D eigenvalue weighted by atomic mass is 16.2. The first-order valence-corrected chi connectivity index (χ1v) is 9.60. The Kier molecular flexibility index (Phi) is 5.70. The standard InChI is InChI=1S/C21H29NO2/c1-2-13-22(15-16-7-8-16)21(24)12-11-20(23)19-10-9-17-5-3-4-6-18(17)14-19/h9-10,14,16H,2-8,11-13,15H2,1H3. The lowest BCUT2D eigenvalue weighted by Crippen LogP contribution is -2.33. The summed E-state index contributed by atoms with van der Waals surface area (Å²) in [7, 11) is 0. The fraction of sp³-hybridized carbons (Fsp3) is 0.619. The molecule has 3 nitrogen and oxygen atoms in total. The molecule has 3 heteroatoms. The number of rotatable bonds is 8. The molecule has 0 radical (unpaired) electrons. The van der Waals surface area contributed by atoms with E-state index in [0.29, 0.717) is 18.8 Å². The molecule has 0 unspecified atom stereocenters. The summed E-state index contributed by atoms with van der Waals surface area (Å²) in [6, 6.07) is 6.13. The van der Waals surface area contributed by atoms with Crippen LogP contribution in [0.3, 0.4) is 0 Å². The van der Waals surface area contributed by atoms with Crippen molar-refractivity contribution in [3.63, 3.8) is 0 Å². The molecule has 0 N–H and O–H groups in total. The molecule has 1 aromatic carbocycles. The van der Waals surface area contributed by atoms with E-state index in [1.807, 2.05) is 11.0 Å². The molecule has 0 atom stereocenters. The molecular weight excluding hydrogens is 298 g/mol. The number of ketones is 1. The lowest BCUT2D eigenvalue weighted by atomic mass is 9.89. The zero-order chi connectivity index (χ0) is 16.9. The normalized spacial score (nSPS) is 16.5. The molecule has 1 aromatic rings. The lowest BCUT2D eigenvalue weighted by Gasteiger charge is -2.22. The highest BCUT2D eigenvalue weighted by Gasteiger charge is 2.26. The summed E-state index contributed by atoms with van der Waals surface area (Å²) in [6.07, 6.45) is 8.86. The fourth-order valence-electron chi connectivity index (χ4n) is 3.63. The third-order valence-corrected chi connectivity index (χ3v) is 5.26. The van der Waals surface area contributed by atoms with E-state index >= 15 is 0 Å². The Morgan fingerprint density at radius 2 is 1.83 bits per heavy atom. The van der Waals surface area contributed by atoms with Crippen molar-refractivity contribution in [3.8, 4) is 0 Å². The Hall–Kier alpha value is -1.64. The smallest absolute Gasteiger partial charge is 0.223 e. The summed E-state index contributed by atoms with van der Waals surface area (Å²) in [6.45, 7) is 3.81. The number of carbonyl (C=O) groups excluding carboxylic acids is 2. The molecular formula is C21H29NO2. The summed E-state index contributed by atoms with van der Waals surface area (Å²) in [5.74, 6) is 0.964. The zero-order valence-corrected chi connectivity index (χ0v) is 14.9. The van der Waals surface area contributed by atoms with E-state index in [-0.39, 0.29) is 11.7 Å². The van der Waals surface area contributed by atoms with Crippen molar-refractivity contribution in [2.24, 2.45) is 5.92 Å². The number of hydrogen-bond acceptors (Lipinski definition) is 2. The molecule has 2 aliphatic rings. The number of carbonyl (C=O) groups is 2. The van der Waals surface area contributed by atoms with Crippen molar-refractivity contribution in [3.05, 3.63) is 34.9 Å². The van der Waals surface area contributed by atoms with Gasteiger partial charge in [-0.15, -0.1) is 0 Å². The lowest BCUT2D eigenvalue weighted by molar-refractivity contribution is -0.131. The molecule has 1 amide bonds. The first-order valence-electron chi connectivity index (χ1n) is 9.60. The summed E-state index contributed by atoms with van der Waals surface area (Å²) in [5, 5.41) is 0. The number of amides is 1. The van der Waals surface area contributed by atoms with Crippen LogP contribution in [0.4, 0.5) is 0 Å². The number of nitrogens with zero attached hydrogens (tertiary/aromatic N) is 1. The van der Waals surface area contributed by atoms with Crippen LogP contribution in [0.5, 0.6) is 0 Å². The summed E-state index contributed by atoms with van der Waals surface area (Å²) in [5.41, 5.74) is 3.51.